The van der Waals surface area contributed by atoms with E-state index in [1.165, 1.54) is 18.2 Å². The molecule has 0 aliphatic heterocycles. The topological polar surface area (TPSA) is 66.4 Å². The SMILES string of the molecule is Cc1c(-c2ccccc2)cc2ccc(Br)cc2c1C(=O)Nc1ccc(C(=O)O)cc1Cl. The Morgan fingerprint density at radius 1 is 0.968 bits per heavy atom. The third-order valence-corrected chi connectivity index (χ3v) is 5.95. The van der Waals surface area contributed by atoms with Gasteiger partial charge in [-0.15, -0.1) is 0 Å². The molecule has 0 heterocycles. The van der Waals surface area contributed by atoms with Crippen LogP contribution in [0.1, 0.15) is 26.3 Å². The van der Waals surface area contributed by atoms with Crippen LogP contribution in [0.25, 0.3) is 21.9 Å². The van der Waals surface area contributed by atoms with Crippen molar-refractivity contribution < 1.29 is 14.7 Å². The zero-order valence-electron chi connectivity index (χ0n) is 16.4. The van der Waals surface area contributed by atoms with E-state index in [0.717, 1.165) is 31.9 Å². The van der Waals surface area contributed by atoms with E-state index in [1.807, 2.05) is 55.5 Å². The molecule has 4 aromatic rings. The molecule has 0 unspecified atom stereocenters. The first-order valence-corrected chi connectivity index (χ1v) is 10.6. The van der Waals surface area contributed by atoms with E-state index in [9.17, 15) is 9.59 Å². The number of halogens is 2. The molecule has 0 aliphatic carbocycles. The molecule has 31 heavy (non-hydrogen) atoms. The Kier molecular flexibility index (Phi) is 5.81. The van der Waals surface area contributed by atoms with Crippen LogP contribution in [0.5, 0.6) is 0 Å². The standard InChI is InChI=1S/C25H17BrClNO3/c1-14-19(15-5-3-2-4-6-15)11-16-7-9-18(26)13-20(16)23(14)24(29)28-22-10-8-17(25(30)31)12-21(22)27/h2-13H,1H3,(H,28,29)(H,30,31). The molecule has 0 spiro atoms. The Hall–Kier alpha value is -3.15. The van der Waals surface area contributed by atoms with Crippen LogP contribution >= 0.6 is 27.5 Å². The van der Waals surface area contributed by atoms with Gasteiger partial charge >= 0.3 is 5.97 Å². The number of amides is 1. The Bertz CT molecular complexity index is 1340. The van der Waals surface area contributed by atoms with Gasteiger partial charge in [-0.25, -0.2) is 4.79 Å². The summed E-state index contributed by atoms with van der Waals surface area (Å²) in [5, 5.41) is 13.9. The first kappa shape index (κ1) is 21.1. The van der Waals surface area contributed by atoms with Crippen molar-refractivity contribution in [2.45, 2.75) is 6.92 Å². The second-order valence-electron chi connectivity index (χ2n) is 7.11. The molecule has 0 saturated carbocycles. The summed E-state index contributed by atoms with van der Waals surface area (Å²) in [6.45, 7) is 1.92. The van der Waals surface area contributed by atoms with E-state index in [4.69, 9.17) is 16.7 Å². The van der Waals surface area contributed by atoms with Crippen LogP contribution in [0.2, 0.25) is 5.02 Å². The van der Waals surface area contributed by atoms with Crippen LogP contribution in [0, 0.1) is 6.92 Å². The van der Waals surface area contributed by atoms with Crippen molar-refractivity contribution in [2.24, 2.45) is 0 Å². The lowest BCUT2D eigenvalue weighted by Crippen LogP contribution is -2.15. The molecule has 2 N–H and O–H groups in total. The van der Waals surface area contributed by atoms with Crippen molar-refractivity contribution in [1.29, 1.82) is 0 Å². The van der Waals surface area contributed by atoms with Crippen molar-refractivity contribution in [3.63, 3.8) is 0 Å². The second kappa shape index (κ2) is 8.53. The number of aromatic carboxylic acids is 1. The Morgan fingerprint density at radius 3 is 2.39 bits per heavy atom. The van der Waals surface area contributed by atoms with E-state index in [-0.39, 0.29) is 16.5 Å². The molecule has 154 valence electrons. The van der Waals surface area contributed by atoms with E-state index < -0.39 is 5.97 Å². The van der Waals surface area contributed by atoms with Crippen molar-refractivity contribution in [1.82, 2.24) is 0 Å². The Morgan fingerprint density at radius 2 is 1.71 bits per heavy atom. The predicted octanol–water partition coefficient (Wildman–Crippen LogP) is 7.18. The van der Waals surface area contributed by atoms with Crippen molar-refractivity contribution in [3.8, 4) is 11.1 Å². The normalized spacial score (nSPS) is 10.8. The highest BCUT2D eigenvalue weighted by molar-refractivity contribution is 9.10. The van der Waals surface area contributed by atoms with Gasteiger partial charge in [-0.2, -0.15) is 0 Å². The zero-order valence-corrected chi connectivity index (χ0v) is 18.8. The molecule has 4 rings (SSSR count). The fourth-order valence-corrected chi connectivity index (χ4v) is 4.20. The summed E-state index contributed by atoms with van der Waals surface area (Å²) < 4.78 is 0.866. The molecule has 0 radical (unpaired) electrons. The lowest BCUT2D eigenvalue weighted by molar-refractivity contribution is 0.0696. The summed E-state index contributed by atoms with van der Waals surface area (Å²) in [5.74, 6) is -1.40. The number of rotatable bonds is 4. The number of carboxylic acid groups (broad SMARTS) is 1. The van der Waals surface area contributed by atoms with Gasteiger partial charge in [0.25, 0.3) is 5.91 Å². The van der Waals surface area contributed by atoms with Crippen LogP contribution in [0.4, 0.5) is 5.69 Å². The predicted molar refractivity (Wildman–Crippen MR) is 128 cm³/mol. The number of anilines is 1. The monoisotopic (exact) mass is 493 g/mol. The lowest BCUT2D eigenvalue weighted by Gasteiger charge is -2.16. The molecule has 6 heteroatoms. The average molecular weight is 495 g/mol. The molecule has 0 bridgehead atoms. The fourth-order valence-electron chi connectivity index (χ4n) is 3.62. The van der Waals surface area contributed by atoms with Gasteiger partial charge in [0, 0.05) is 4.47 Å². The third-order valence-electron chi connectivity index (χ3n) is 5.14. The van der Waals surface area contributed by atoms with Crippen LogP contribution in [-0.2, 0) is 0 Å². The lowest BCUT2D eigenvalue weighted by atomic mass is 9.91. The first-order chi connectivity index (χ1) is 14.8. The van der Waals surface area contributed by atoms with Gasteiger partial charge in [0.2, 0.25) is 0 Å². The summed E-state index contributed by atoms with van der Waals surface area (Å²) in [5.41, 5.74) is 3.77. The molecule has 0 aromatic heterocycles. The maximum atomic E-state index is 13.4. The largest absolute Gasteiger partial charge is 0.478 e. The summed E-state index contributed by atoms with van der Waals surface area (Å²) in [4.78, 5) is 24.6. The number of fused-ring (bicyclic) bond motifs is 1. The van der Waals surface area contributed by atoms with Crippen molar-refractivity contribution in [2.75, 3.05) is 5.32 Å². The minimum atomic E-state index is -1.08. The van der Waals surface area contributed by atoms with Crippen molar-refractivity contribution >= 4 is 55.9 Å². The molecule has 4 nitrogen and oxygen atoms in total. The smallest absolute Gasteiger partial charge is 0.335 e. The van der Waals surface area contributed by atoms with Gasteiger partial charge in [0.15, 0.2) is 0 Å². The zero-order chi connectivity index (χ0) is 22.1. The quantitative estimate of drug-likeness (QED) is 0.316. The fraction of sp³-hybridized carbons (Fsp3) is 0.0400. The van der Waals surface area contributed by atoms with E-state index in [1.54, 1.807) is 0 Å². The van der Waals surface area contributed by atoms with Crippen molar-refractivity contribution in [3.05, 3.63) is 99.0 Å². The Labute approximate surface area is 192 Å². The number of nitrogens with one attached hydrogen (secondary N) is 1. The molecular weight excluding hydrogens is 478 g/mol. The first-order valence-electron chi connectivity index (χ1n) is 9.47. The molecule has 0 saturated heterocycles. The molecule has 4 aromatic carbocycles. The molecular formula is C25H17BrClNO3. The Balaban J connectivity index is 1.85. The number of hydrogen-bond donors (Lipinski definition) is 2. The number of carbonyl (C=O) groups is 2. The van der Waals surface area contributed by atoms with Gasteiger partial charge in [0.05, 0.1) is 21.8 Å². The summed E-state index contributed by atoms with van der Waals surface area (Å²) in [7, 11) is 0. The summed E-state index contributed by atoms with van der Waals surface area (Å²) in [6.07, 6.45) is 0. The van der Waals surface area contributed by atoms with Gasteiger partial charge in [-0.05, 0) is 70.8 Å². The number of hydrogen-bond acceptors (Lipinski definition) is 2. The molecule has 1 amide bonds. The van der Waals surface area contributed by atoms with Crippen LogP contribution < -0.4 is 5.32 Å². The van der Waals surface area contributed by atoms with E-state index >= 15 is 0 Å². The minimum absolute atomic E-state index is 0.0552. The van der Waals surface area contributed by atoms with E-state index in [0.29, 0.717) is 11.3 Å². The number of benzene rings is 4. The highest BCUT2D eigenvalue weighted by Crippen LogP contribution is 2.35. The number of carbonyl (C=O) groups excluding carboxylic acids is 1. The number of carboxylic acids is 1. The highest BCUT2D eigenvalue weighted by atomic mass is 79.9. The maximum absolute atomic E-state index is 13.4. The van der Waals surface area contributed by atoms with Gasteiger partial charge < -0.3 is 10.4 Å². The average Bonchev–Trinajstić information content (AvgIpc) is 2.75. The molecule has 0 atom stereocenters. The van der Waals surface area contributed by atoms with Gasteiger partial charge in [-0.1, -0.05) is 63.9 Å². The summed E-state index contributed by atoms with van der Waals surface area (Å²) >= 11 is 9.73. The van der Waals surface area contributed by atoms with Gasteiger partial charge in [0.1, 0.15) is 0 Å². The second-order valence-corrected chi connectivity index (χ2v) is 8.43. The molecule has 0 fully saturated rings. The maximum Gasteiger partial charge on any atom is 0.335 e. The molecule has 0 aliphatic rings. The highest BCUT2D eigenvalue weighted by Gasteiger charge is 2.19. The van der Waals surface area contributed by atoms with Crippen LogP contribution in [-0.4, -0.2) is 17.0 Å². The third kappa shape index (κ3) is 4.20. The van der Waals surface area contributed by atoms with E-state index in [2.05, 4.69) is 27.3 Å². The van der Waals surface area contributed by atoms with Gasteiger partial charge in [-0.3, -0.25) is 4.79 Å². The summed E-state index contributed by atoms with van der Waals surface area (Å²) in [6, 6.07) is 22.0. The minimum Gasteiger partial charge on any atom is -0.478 e. The van der Waals surface area contributed by atoms with Crippen LogP contribution in [0.3, 0.4) is 0 Å². The van der Waals surface area contributed by atoms with Crippen LogP contribution in [0.15, 0.2) is 77.3 Å².